The lowest BCUT2D eigenvalue weighted by Crippen LogP contribution is -2.48. The van der Waals surface area contributed by atoms with Crippen LogP contribution in [0.4, 0.5) is 0 Å². The second-order valence-corrected chi connectivity index (χ2v) is 9.42. The molecule has 1 saturated heterocycles. The number of hydrogen-bond donors (Lipinski definition) is 2. The van der Waals surface area contributed by atoms with Gasteiger partial charge >= 0.3 is 0 Å². The molecule has 4 nitrogen and oxygen atoms in total. The summed E-state index contributed by atoms with van der Waals surface area (Å²) in [5.74, 6) is 0.361. The standard InChI is InChI=1S/C30H37N2O2/c1-23(2)31-17-19-32(20-18-31)27-15-13-25(14-16-27)30(26-10-6-11-28(34)22-26)29(12-7-21-33)24-8-4-3-5-9-24/h3-6,8-11,13-16,22-23,25,33-34H,7,12,17-21H2,1-2H3/q-1/b30-29+. The van der Waals surface area contributed by atoms with Crippen LogP contribution in [0.5, 0.6) is 5.75 Å². The minimum atomic E-state index is 0.0939. The number of phenols is 1. The predicted octanol–water partition coefficient (Wildman–Crippen LogP) is 5.38. The number of aromatic hydroxyl groups is 1. The van der Waals surface area contributed by atoms with Gasteiger partial charge in [0.15, 0.2) is 0 Å². The molecule has 1 heterocycles. The van der Waals surface area contributed by atoms with Crippen molar-refractivity contribution >= 4 is 11.1 Å². The van der Waals surface area contributed by atoms with E-state index in [9.17, 15) is 10.2 Å². The number of hydrogen-bond acceptors (Lipinski definition) is 4. The topological polar surface area (TPSA) is 46.9 Å². The van der Waals surface area contributed by atoms with Crippen molar-refractivity contribution in [1.29, 1.82) is 0 Å². The molecule has 4 heteroatoms. The zero-order valence-corrected chi connectivity index (χ0v) is 20.4. The molecular weight excluding hydrogens is 420 g/mol. The van der Waals surface area contributed by atoms with Gasteiger partial charge in [-0.05, 0) is 67.0 Å². The molecule has 2 aromatic rings. The van der Waals surface area contributed by atoms with Crippen LogP contribution < -0.4 is 0 Å². The molecule has 0 bridgehead atoms. The van der Waals surface area contributed by atoms with Crippen molar-refractivity contribution in [2.75, 3.05) is 32.8 Å². The molecule has 0 spiro atoms. The first kappa shape index (κ1) is 24.2. The van der Waals surface area contributed by atoms with Gasteiger partial charge in [0.1, 0.15) is 5.75 Å². The van der Waals surface area contributed by atoms with Gasteiger partial charge in [-0.1, -0.05) is 42.5 Å². The van der Waals surface area contributed by atoms with Crippen LogP contribution in [0.3, 0.4) is 0 Å². The minimum absolute atomic E-state index is 0.0939. The maximum absolute atomic E-state index is 10.2. The van der Waals surface area contributed by atoms with E-state index in [1.54, 1.807) is 6.07 Å². The highest BCUT2D eigenvalue weighted by Crippen LogP contribution is 2.39. The molecule has 180 valence electrons. The van der Waals surface area contributed by atoms with E-state index in [1.807, 2.05) is 18.2 Å². The van der Waals surface area contributed by atoms with Crippen molar-refractivity contribution in [1.82, 2.24) is 9.80 Å². The average molecular weight is 458 g/mol. The van der Waals surface area contributed by atoms with Crippen LogP contribution in [0.25, 0.3) is 11.1 Å². The van der Waals surface area contributed by atoms with Gasteiger partial charge in [0.2, 0.25) is 0 Å². The van der Waals surface area contributed by atoms with Crippen molar-refractivity contribution in [3.63, 3.8) is 0 Å². The van der Waals surface area contributed by atoms with Crippen molar-refractivity contribution in [3.8, 4) is 5.75 Å². The third-order valence-corrected chi connectivity index (χ3v) is 6.88. The maximum atomic E-state index is 10.2. The lowest BCUT2D eigenvalue weighted by atomic mass is 9.80. The SMILES string of the molecule is CC(C)N1CCN(C2=C[CH-]C(/C(=C(/CCCO)c3ccccc3)c3cccc(O)c3)C=C2)CC1. The molecule has 0 aromatic heterocycles. The first-order valence-corrected chi connectivity index (χ1v) is 12.5. The quantitative estimate of drug-likeness (QED) is 0.413. The van der Waals surface area contributed by atoms with Gasteiger partial charge in [0.25, 0.3) is 0 Å². The second-order valence-electron chi connectivity index (χ2n) is 9.42. The zero-order valence-electron chi connectivity index (χ0n) is 20.4. The highest BCUT2D eigenvalue weighted by Gasteiger charge is 2.20. The Balaban J connectivity index is 1.65. The summed E-state index contributed by atoms with van der Waals surface area (Å²) < 4.78 is 0. The van der Waals surface area contributed by atoms with Crippen molar-refractivity contribution in [2.24, 2.45) is 5.92 Å². The molecule has 2 aliphatic rings. The van der Waals surface area contributed by atoms with Crippen LogP contribution in [-0.4, -0.2) is 58.8 Å². The zero-order chi connectivity index (χ0) is 23.9. The Morgan fingerprint density at radius 2 is 1.74 bits per heavy atom. The Kier molecular flexibility index (Phi) is 8.15. The highest BCUT2D eigenvalue weighted by molar-refractivity contribution is 5.93. The fourth-order valence-corrected chi connectivity index (χ4v) is 4.99. The summed E-state index contributed by atoms with van der Waals surface area (Å²) >= 11 is 0. The molecule has 0 radical (unpaired) electrons. The summed E-state index contributed by atoms with van der Waals surface area (Å²) in [7, 11) is 0. The Labute approximate surface area is 204 Å². The van der Waals surface area contributed by atoms with Crippen molar-refractivity contribution in [3.05, 3.63) is 96.1 Å². The van der Waals surface area contributed by atoms with E-state index in [1.165, 1.54) is 16.8 Å². The summed E-state index contributed by atoms with van der Waals surface area (Å²) in [5.41, 5.74) is 5.85. The van der Waals surface area contributed by atoms with E-state index >= 15 is 0 Å². The summed E-state index contributed by atoms with van der Waals surface area (Å²) in [5, 5.41) is 19.8. The lowest BCUT2D eigenvalue weighted by Gasteiger charge is -2.43. The number of piperazine rings is 1. The van der Waals surface area contributed by atoms with Crippen molar-refractivity contribution < 1.29 is 10.2 Å². The predicted molar refractivity (Wildman–Crippen MR) is 141 cm³/mol. The number of rotatable bonds is 8. The van der Waals surface area contributed by atoms with Crippen LogP contribution >= 0.6 is 0 Å². The molecule has 2 N–H and O–H groups in total. The van der Waals surface area contributed by atoms with Gasteiger partial charge in [-0.25, -0.2) is 12.5 Å². The van der Waals surface area contributed by atoms with Gasteiger partial charge < -0.3 is 15.1 Å². The van der Waals surface area contributed by atoms with E-state index in [2.05, 4.69) is 78.6 Å². The molecular formula is C30H37N2O2-. The maximum Gasteiger partial charge on any atom is 0.116 e. The summed E-state index contributed by atoms with van der Waals surface area (Å²) in [6, 6.07) is 18.6. The molecule has 4 rings (SSSR count). The molecule has 1 atom stereocenters. The number of aliphatic hydroxyl groups is 1. The van der Waals surface area contributed by atoms with E-state index < -0.39 is 0 Å². The number of nitrogens with zero attached hydrogens (tertiary/aromatic N) is 2. The van der Waals surface area contributed by atoms with Gasteiger partial charge in [-0.3, -0.25) is 4.90 Å². The summed E-state index contributed by atoms with van der Waals surface area (Å²) in [6.07, 6.45) is 10.6. The molecule has 0 saturated carbocycles. The molecule has 1 unspecified atom stereocenters. The first-order valence-electron chi connectivity index (χ1n) is 12.5. The number of allylic oxidation sites excluding steroid dienone is 5. The minimum Gasteiger partial charge on any atom is -0.508 e. The third kappa shape index (κ3) is 5.75. The normalized spacial score (nSPS) is 19.6. The van der Waals surface area contributed by atoms with E-state index in [-0.39, 0.29) is 18.3 Å². The van der Waals surface area contributed by atoms with E-state index in [4.69, 9.17) is 0 Å². The molecule has 1 aliphatic carbocycles. The van der Waals surface area contributed by atoms with Crippen molar-refractivity contribution in [2.45, 2.75) is 32.7 Å². The Morgan fingerprint density at radius 1 is 1.00 bits per heavy atom. The second kappa shape index (κ2) is 11.5. The van der Waals surface area contributed by atoms with Gasteiger partial charge in [0.05, 0.1) is 0 Å². The number of phenolic OH excluding ortho intramolecular Hbond substituents is 1. The average Bonchev–Trinajstić information content (AvgIpc) is 2.87. The molecule has 34 heavy (non-hydrogen) atoms. The van der Waals surface area contributed by atoms with Crippen LogP contribution in [-0.2, 0) is 0 Å². The van der Waals surface area contributed by atoms with Gasteiger partial charge in [-0.15, -0.1) is 17.8 Å². The molecule has 1 fully saturated rings. The fourth-order valence-electron chi connectivity index (χ4n) is 4.99. The van der Waals surface area contributed by atoms with Crippen LogP contribution in [0.2, 0.25) is 0 Å². The molecule has 0 amide bonds. The van der Waals surface area contributed by atoms with Gasteiger partial charge in [0, 0.05) is 38.8 Å². The third-order valence-electron chi connectivity index (χ3n) is 6.88. The van der Waals surface area contributed by atoms with E-state index in [0.29, 0.717) is 12.5 Å². The van der Waals surface area contributed by atoms with Crippen LogP contribution in [0, 0.1) is 12.3 Å². The smallest absolute Gasteiger partial charge is 0.116 e. The molecule has 2 aromatic carbocycles. The Morgan fingerprint density at radius 3 is 2.35 bits per heavy atom. The Hall–Kier alpha value is -2.95. The van der Waals surface area contributed by atoms with Gasteiger partial charge in [-0.2, -0.15) is 0 Å². The first-order chi connectivity index (χ1) is 16.6. The summed E-state index contributed by atoms with van der Waals surface area (Å²) in [6.45, 7) is 8.98. The van der Waals surface area contributed by atoms with Crippen LogP contribution in [0.1, 0.15) is 37.8 Å². The molecule has 1 aliphatic heterocycles. The number of aliphatic hydroxyl groups excluding tert-OH is 1. The monoisotopic (exact) mass is 457 g/mol. The largest absolute Gasteiger partial charge is 0.508 e. The highest BCUT2D eigenvalue weighted by atomic mass is 16.3. The summed E-state index contributed by atoms with van der Waals surface area (Å²) in [4.78, 5) is 5.01. The van der Waals surface area contributed by atoms with E-state index in [0.717, 1.165) is 43.7 Å². The fraction of sp³-hybridized carbons (Fsp3) is 0.367. The lowest BCUT2D eigenvalue weighted by molar-refractivity contribution is 0.132. The number of benzene rings is 2. The Bertz CT molecular complexity index is 1030. The van der Waals surface area contributed by atoms with Crippen LogP contribution in [0.15, 0.2) is 78.5 Å².